The predicted molar refractivity (Wildman–Crippen MR) is 62.3 cm³/mol. The van der Waals surface area contributed by atoms with Gasteiger partial charge < -0.3 is 9.64 Å². The summed E-state index contributed by atoms with van der Waals surface area (Å²) in [5.41, 5.74) is 2.39. The maximum Gasteiger partial charge on any atom is 0.323 e. The van der Waals surface area contributed by atoms with Crippen molar-refractivity contribution in [3.05, 3.63) is 0 Å². The molecular weight excluding hydrogens is 208 g/mol. The molecular formula is C9H18N6O. The van der Waals surface area contributed by atoms with Crippen LogP contribution in [0.25, 0.3) is 0 Å². The number of nitrogen functional groups attached to an aromatic ring is 1. The van der Waals surface area contributed by atoms with Crippen molar-refractivity contribution in [3.8, 4) is 6.01 Å². The number of rotatable bonds is 5. The van der Waals surface area contributed by atoms with Crippen molar-refractivity contribution >= 4 is 11.9 Å². The van der Waals surface area contributed by atoms with Crippen molar-refractivity contribution in [3.63, 3.8) is 0 Å². The van der Waals surface area contributed by atoms with Gasteiger partial charge in [0, 0.05) is 13.1 Å². The highest BCUT2D eigenvalue weighted by atomic mass is 16.5. The molecule has 90 valence electrons. The van der Waals surface area contributed by atoms with Gasteiger partial charge >= 0.3 is 6.01 Å². The Kier molecular flexibility index (Phi) is 4.24. The van der Waals surface area contributed by atoms with E-state index in [2.05, 4.69) is 20.4 Å². The average molecular weight is 226 g/mol. The van der Waals surface area contributed by atoms with Gasteiger partial charge in [0.15, 0.2) is 0 Å². The van der Waals surface area contributed by atoms with Crippen molar-refractivity contribution in [2.24, 2.45) is 5.84 Å². The molecule has 1 aromatic heterocycles. The highest BCUT2D eigenvalue weighted by Crippen LogP contribution is 2.14. The van der Waals surface area contributed by atoms with Crippen molar-refractivity contribution in [2.45, 2.75) is 26.8 Å². The first-order chi connectivity index (χ1) is 7.58. The van der Waals surface area contributed by atoms with Gasteiger partial charge in [0.25, 0.3) is 0 Å². The minimum absolute atomic E-state index is 0.271. The third-order valence-corrected chi connectivity index (χ3v) is 2.10. The van der Waals surface area contributed by atoms with Crippen LogP contribution in [0.15, 0.2) is 0 Å². The topological polar surface area (TPSA) is 89.2 Å². The number of nitrogens with two attached hydrogens (primary N) is 1. The van der Waals surface area contributed by atoms with Crippen LogP contribution in [-0.2, 0) is 0 Å². The number of hydrogen-bond acceptors (Lipinski definition) is 7. The summed E-state index contributed by atoms with van der Waals surface area (Å²) in [4.78, 5) is 14.2. The number of ether oxygens (including phenoxy) is 1. The van der Waals surface area contributed by atoms with Crippen LogP contribution in [0.3, 0.4) is 0 Å². The Morgan fingerprint density at radius 1 is 1.38 bits per heavy atom. The molecule has 0 aliphatic heterocycles. The zero-order chi connectivity index (χ0) is 12.1. The normalized spacial score (nSPS) is 10.4. The van der Waals surface area contributed by atoms with E-state index in [0.717, 1.165) is 0 Å². The van der Waals surface area contributed by atoms with Crippen LogP contribution >= 0.6 is 0 Å². The van der Waals surface area contributed by atoms with E-state index in [9.17, 15) is 0 Å². The molecule has 1 aromatic rings. The number of aromatic nitrogens is 3. The SMILES string of the molecule is CCOc1nc(NN)nc(N(C)C(C)C)n1. The Hall–Kier alpha value is -1.63. The lowest BCUT2D eigenvalue weighted by molar-refractivity contribution is 0.312. The van der Waals surface area contributed by atoms with Gasteiger partial charge in [-0.1, -0.05) is 0 Å². The lowest BCUT2D eigenvalue weighted by atomic mass is 10.4. The predicted octanol–water partition coefficient (Wildman–Crippen LogP) is 0.400. The fourth-order valence-corrected chi connectivity index (χ4v) is 0.993. The molecule has 1 heterocycles. The average Bonchev–Trinajstić information content (AvgIpc) is 2.27. The minimum atomic E-state index is 0.271. The molecule has 16 heavy (non-hydrogen) atoms. The molecule has 0 aliphatic rings. The molecule has 0 spiro atoms. The lowest BCUT2D eigenvalue weighted by Gasteiger charge is -2.21. The molecule has 7 nitrogen and oxygen atoms in total. The molecule has 0 radical (unpaired) electrons. The fraction of sp³-hybridized carbons (Fsp3) is 0.667. The van der Waals surface area contributed by atoms with E-state index < -0.39 is 0 Å². The Morgan fingerprint density at radius 2 is 2.06 bits per heavy atom. The number of hydrogen-bond donors (Lipinski definition) is 2. The van der Waals surface area contributed by atoms with E-state index in [0.29, 0.717) is 18.5 Å². The van der Waals surface area contributed by atoms with Crippen molar-refractivity contribution in [1.82, 2.24) is 15.0 Å². The molecule has 0 aromatic carbocycles. The molecule has 0 saturated heterocycles. The van der Waals surface area contributed by atoms with E-state index in [1.807, 2.05) is 32.7 Å². The van der Waals surface area contributed by atoms with Gasteiger partial charge in [0.1, 0.15) is 0 Å². The van der Waals surface area contributed by atoms with Gasteiger partial charge in [-0.3, -0.25) is 5.43 Å². The maximum absolute atomic E-state index is 5.28. The molecule has 3 N–H and O–H groups in total. The molecule has 0 unspecified atom stereocenters. The van der Waals surface area contributed by atoms with E-state index in [-0.39, 0.29) is 12.1 Å². The van der Waals surface area contributed by atoms with Gasteiger partial charge in [0.05, 0.1) is 6.61 Å². The molecule has 0 amide bonds. The summed E-state index contributed by atoms with van der Waals surface area (Å²) < 4.78 is 5.23. The second-order valence-corrected chi connectivity index (χ2v) is 3.52. The number of hydrazine groups is 1. The molecule has 0 aliphatic carbocycles. The monoisotopic (exact) mass is 226 g/mol. The molecule has 1 rings (SSSR count). The first-order valence-electron chi connectivity index (χ1n) is 5.16. The van der Waals surface area contributed by atoms with E-state index in [1.54, 1.807) is 0 Å². The first-order valence-corrected chi connectivity index (χ1v) is 5.16. The van der Waals surface area contributed by atoms with Gasteiger partial charge in [-0.15, -0.1) is 0 Å². The van der Waals surface area contributed by atoms with Crippen molar-refractivity contribution < 1.29 is 4.74 Å². The van der Waals surface area contributed by atoms with E-state index in [1.165, 1.54) is 0 Å². The first kappa shape index (κ1) is 12.4. The zero-order valence-corrected chi connectivity index (χ0v) is 10.1. The Bertz CT molecular complexity index is 343. The molecule has 7 heteroatoms. The van der Waals surface area contributed by atoms with Gasteiger partial charge in [-0.25, -0.2) is 5.84 Å². The van der Waals surface area contributed by atoms with Gasteiger partial charge in [-0.05, 0) is 20.8 Å². The standard InChI is InChI=1S/C9H18N6O/c1-5-16-9-12-7(14-10)11-8(13-9)15(4)6(2)3/h6H,5,10H2,1-4H3,(H,11,12,13,14). The largest absolute Gasteiger partial charge is 0.464 e. The highest BCUT2D eigenvalue weighted by molar-refractivity contribution is 5.37. The smallest absolute Gasteiger partial charge is 0.323 e. The Balaban J connectivity index is 3.03. The third-order valence-electron chi connectivity index (χ3n) is 2.10. The number of nitrogens with zero attached hydrogens (tertiary/aromatic N) is 4. The molecule has 0 fully saturated rings. The van der Waals surface area contributed by atoms with Gasteiger partial charge in [0.2, 0.25) is 11.9 Å². The fourth-order valence-electron chi connectivity index (χ4n) is 0.993. The third kappa shape index (κ3) is 2.93. The van der Waals surface area contributed by atoms with Gasteiger partial charge in [-0.2, -0.15) is 15.0 Å². The van der Waals surface area contributed by atoms with Crippen molar-refractivity contribution in [2.75, 3.05) is 24.0 Å². The Labute approximate surface area is 95.0 Å². The number of nitrogens with one attached hydrogen (secondary N) is 1. The zero-order valence-electron chi connectivity index (χ0n) is 10.1. The van der Waals surface area contributed by atoms with Crippen LogP contribution in [0, 0.1) is 0 Å². The molecule has 0 bridgehead atoms. The molecule has 0 saturated carbocycles. The molecule has 0 atom stereocenters. The van der Waals surface area contributed by atoms with Crippen LogP contribution in [0.5, 0.6) is 6.01 Å². The van der Waals surface area contributed by atoms with E-state index in [4.69, 9.17) is 10.6 Å². The van der Waals surface area contributed by atoms with Crippen LogP contribution in [0.2, 0.25) is 0 Å². The number of anilines is 2. The quantitative estimate of drug-likeness (QED) is 0.555. The lowest BCUT2D eigenvalue weighted by Crippen LogP contribution is -2.28. The maximum atomic E-state index is 5.28. The summed E-state index contributed by atoms with van der Waals surface area (Å²) in [5.74, 6) is 6.10. The summed E-state index contributed by atoms with van der Waals surface area (Å²) in [6.45, 7) is 6.45. The van der Waals surface area contributed by atoms with E-state index >= 15 is 0 Å². The second-order valence-electron chi connectivity index (χ2n) is 3.52. The summed E-state index contributed by atoms with van der Waals surface area (Å²) in [6, 6.07) is 0.551. The van der Waals surface area contributed by atoms with Crippen LogP contribution in [0.4, 0.5) is 11.9 Å². The second kappa shape index (κ2) is 5.45. The van der Waals surface area contributed by atoms with Crippen molar-refractivity contribution in [1.29, 1.82) is 0 Å². The summed E-state index contributed by atoms with van der Waals surface area (Å²) in [6.07, 6.45) is 0. The summed E-state index contributed by atoms with van der Waals surface area (Å²) in [7, 11) is 1.90. The summed E-state index contributed by atoms with van der Waals surface area (Å²) in [5, 5.41) is 0. The van der Waals surface area contributed by atoms with Crippen LogP contribution in [-0.4, -0.2) is 34.6 Å². The van der Waals surface area contributed by atoms with Crippen LogP contribution < -0.4 is 20.9 Å². The summed E-state index contributed by atoms with van der Waals surface area (Å²) >= 11 is 0. The van der Waals surface area contributed by atoms with Crippen LogP contribution in [0.1, 0.15) is 20.8 Å². The minimum Gasteiger partial charge on any atom is -0.464 e. The highest BCUT2D eigenvalue weighted by Gasteiger charge is 2.12. The Morgan fingerprint density at radius 3 is 2.56 bits per heavy atom.